The monoisotopic (exact) mass is 501 g/mol. The Morgan fingerprint density at radius 1 is 0.944 bits per heavy atom. The van der Waals surface area contributed by atoms with Crippen molar-refractivity contribution in [1.82, 2.24) is 5.43 Å². The molecular formula is C27H20ClN3O5. The highest BCUT2D eigenvalue weighted by molar-refractivity contribution is 6.31. The van der Waals surface area contributed by atoms with Gasteiger partial charge in [0.15, 0.2) is 0 Å². The van der Waals surface area contributed by atoms with Crippen molar-refractivity contribution < 1.29 is 23.5 Å². The summed E-state index contributed by atoms with van der Waals surface area (Å²) in [5, 5.41) is 7.13. The second-order valence-electron chi connectivity index (χ2n) is 7.54. The Morgan fingerprint density at radius 3 is 2.44 bits per heavy atom. The molecular weight excluding hydrogens is 482 g/mol. The van der Waals surface area contributed by atoms with Crippen LogP contribution in [0.15, 0.2) is 101 Å². The van der Waals surface area contributed by atoms with E-state index in [9.17, 15) is 14.4 Å². The Kier molecular flexibility index (Phi) is 7.90. The van der Waals surface area contributed by atoms with Crippen molar-refractivity contribution >= 4 is 41.3 Å². The van der Waals surface area contributed by atoms with Crippen molar-refractivity contribution in [3.8, 4) is 5.75 Å². The quantitative estimate of drug-likeness (QED) is 0.151. The highest BCUT2D eigenvalue weighted by Gasteiger charge is 2.14. The molecule has 0 spiro atoms. The van der Waals surface area contributed by atoms with Crippen molar-refractivity contribution in [1.29, 1.82) is 0 Å². The number of amides is 2. The molecule has 0 bridgehead atoms. The average Bonchev–Trinajstić information content (AvgIpc) is 3.42. The Balaban J connectivity index is 1.35. The molecule has 2 amide bonds. The van der Waals surface area contributed by atoms with Gasteiger partial charge in [0.2, 0.25) is 11.7 Å². The standard InChI is InChI=1S/C27H20ClN3O5/c28-21-10-13-23(36-27(34)24-7-4-14-35-24)20(16-21)17-29-31-26(33)19-8-11-22(12-9-19)30-25(32)15-18-5-2-1-3-6-18/h1-14,16-17H,15H2,(H,30,32)(H,31,33)/b29-17+. The fourth-order valence-corrected chi connectivity index (χ4v) is 3.35. The summed E-state index contributed by atoms with van der Waals surface area (Å²) in [4.78, 5) is 36.8. The molecule has 0 radical (unpaired) electrons. The smallest absolute Gasteiger partial charge is 0.379 e. The zero-order valence-electron chi connectivity index (χ0n) is 18.8. The van der Waals surface area contributed by atoms with Gasteiger partial charge in [0, 0.05) is 21.8 Å². The molecule has 0 saturated heterocycles. The molecule has 0 fully saturated rings. The van der Waals surface area contributed by atoms with Gasteiger partial charge in [-0.15, -0.1) is 0 Å². The fraction of sp³-hybridized carbons (Fsp3) is 0.0370. The molecule has 0 atom stereocenters. The molecule has 1 heterocycles. The van der Waals surface area contributed by atoms with E-state index in [0.29, 0.717) is 21.8 Å². The van der Waals surface area contributed by atoms with E-state index < -0.39 is 11.9 Å². The number of carbonyl (C=O) groups excluding carboxylic acids is 3. The molecule has 0 unspecified atom stereocenters. The Bertz CT molecular complexity index is 1380. The largest absolute Gasteiger partial charge is 0.457 e. The van der Waals surface area contributed by atoms with Gasteiger partial charge in [-0.05, 0) is 60.2 Å². The lowest BCUT2D eigenvalue weighted by atomic mass is 10.1. The van der Waals surface area contributed by atoms with Crippen molar-refractivity contribution in [3.05, 3.63) is 119 Å². The summed E-state index contributed by atoms with van der Waals surface area (Å²) in [5.41, 5.74) is 4.59. The first kappa shape index (κ1) is 24.4. The predicted molar refractivity (Wildman–Crippen MR) is 135 cm³/mol. The number of nitrogens with one attached hydrogen (secondary N) is 2. The zero-order valence-corrected chi connectivity index (χ0v) is 19.6. The lowest BCUT2D eigenvalue weighted by molar-refractivity contribution is -0.115. The van der Waals surface area contributed by atoms with Crippen LogP contribution >= 0.6 is 11.6 Å². The van der Waals surface area contributed by atoms with E-state index in [4.69, 9.17) is 20.8 Å². The molecule has 0 aliphatic carbocycles. The maximum absolute atomic E-state index is 12.5. The number of esters is 1. The van der Waals surface area contributed by atoms with E-state index in [2.05, 4.69) is 15.8 Å². The van der Waals surface area contributed by atoms with Crippen LogP contribution in [0.25, 0.3) is 0 Å². The maximum Gasteiger partial charge on any atom is 0.379 e. The second kappa shape index (κ2) is 11.6. The summed E-state index contributed by atoms with van der Waals surface area (Å²) in [7, 11) is 0. The normalized spacial score (nSPS) is 10.7. The SMILES string of the molecule is O=C(Cc1ccccc1)Nc1ccc(C(=O)N/N=C/c2cc(Cl)ccc2OC(=O)c2ccco2)cc1. The highest BCUT2D eigenvalue weighted by atomic mass is 35.5. The highest BCUT2D eigenvalue weighted by Crippen LogP contribution is 2.22. The van der Waals surface area contributed by atoms with Crippen LogP contribution in [-0.4, -0.2) is 24.0 Å². The number of hydrazone groups is 1. The van der Waals surface area contributed by atoms with Gasteiger partial charge in [0.25, 0.3) is 5.91 Å². The van der Waals surface area contributed by atoms with Crippen LogP contribution in [0.1, 0.15) is 32.0 Å². The summed E-state index contributed by atoms with van der Waals surface area (Å²) in [5.74, 6) is -1.08. The Morgan fingerprint density at radius 2 is 1.72 bits per heavy atom. The van der Waals surface area contributed by atoms with Crippen molar-refractivity contribution in [2.75, 3.05) is 5.32 Å². The molecule has 0 aliphatic heterocycles. The van der Waals surface area contributed by atoms with E-state index in [1.165, 1.54) is 30.7 Å². The first-order valence-corrected chi connectivity index (χ1v) is 11.2. The van der Waals surface area contributed by atoms with Gasteiger partial charge >= 0.3 is 5.97 Å². The lowest BCUT2D eigenvalue weighted by Gasteiger charge is -2.07. The number of halogens is 1. The van der Waals surface area contributed by atoms with Gasteiger partial charge in [-0.3, -0.25) is 9.59 Å². The van der Waals surface area contributed by atoms with E-state index in [1.54, 1.807) is 36.4 Å². The van der Waals surface area contributed by atoms with Crippen LogP contribution in [0, 0.1) is 0 Å². The van der Waals surface area contributed by atoms with Crippen LogP contribution < -0.4 is 15.5 Å². The molecule has 180 valence electrons. The molecule has 8 nitrogen and oxygen atoms in total. The van der Waals surface area contributed by atoms with Gasteiger partial charge in [-0.2, -0.15) is 5.10 Å². The van der Waals surface area contributed by atoms with E-state index >= 15 is 0 Å². The second-order valence-corrected chi connectivity index (χ2v) is 7.97. The summed E-state index contributed by atoms with van der Waals surface area (Å²) in [6, 6.07) is 23.4. The number of hydrogen-bond acceptors (Lipinski definition) is 6. The fourth-order valence-electron chi connectivity index (χ4n) is 3.17. The van der Waals surface area contributed by atoms with Crippen LogP contribution in [-0.2, 0) is 11.2 Å². The number of ether oxygens (including phenoxy) is 1. The summed E-state index contributed by atoms with van der Waals surface area (Å²) in [6.45, 7) is 0. The van der Waals surface area contributed by atoms with E-state index in [-0.39, 0.29) is 23.8 Å². The Labute approximate surface area is 211 Å². The van der Waals surface area contributed by atoms with Crippen molar-refractivity contribution in [2.45, 2.75) is 6.42 Å². The van der Waals surface area contributed by atoms with Crippen LogP contribution in [0.2, 0.25) is 5.02 Å². The summed E-state index contributed by atoms with van der Waals surface area (Å²) >= 11 is 6.05. The van der Waals surface area contributed by atoms with Crippen LogP contribution in [0.3, 0.4) is 0 Å². The molecule has 9 heteroatoms. The van der Waals surface area contributed by atoms with Crippen molar-refractivity contribution in [2.24, 2.45) is 5.10 Å². The molecule has 36 heavy (non-hydrogen) atoms. The summed E-state index contributed by atoms with van der Waals surface area (Å²) in [6.07, 6.45) is 2.92. The first-order valence-electron chi connectivity index (χ1n) is 10.8. The predicted octanol–water partition coefficient (Wildman–Crippen LogP) is 5.10. The lowest BCUT2D eigenvalue weighted by Crippen LogP contribution is -2.18. The number of anilines is 1. The van der Waals surface area contributed by atoms with Gasteiger partial charge in [-0.1, -0.05) is 41.9 Å². The van der Waals surface area contributed by atoms with Crippen LogP contribution in [0.5, 0.6) is 5.75 Å². The number of rotatable bonds is 8. The summed E-state index contributed by atoms with van der Waals surface area (Å²) < 4.78 is 10.4. The Hall–Kier alpha value is -4.69. The number of carbonyl (C=O) groups is 3. The minimum atomic E-state index is -0.683. The number of furan rings is 1. The number of nitrogens with zero attached hydrogens (tertiary/aromatic N) is 1. The molecule has 0 saturated carbocycles. The van der Waals surface area contributed by atoms with Crippen molar-refractivity contribution in [3.63, 3.8) is 0 Å². The minimum absolute atomic E-state index is 0.0424. The average molecular weight is 502 g/mol. The first-order chi connectivity index (χ1) is 17.5. The third-order valence-corrected chi connectivity index (χ3v) is 5.14. The van der Waals surface area contributed by atoms with E-state index in [0.717, 1.165) is 5.56 Å². The molecule has 1 aromatic heterocycles. The number of hydrogen-bond donors (Lipinski definition) is 2. The zero-order chi connectivity index (χ0) is 25.3. The third kappa shape index (κ3) is 6.68. The van der Waals surface area contributed by atoms with Gasteiger partial charge < -0.3 is 14.5 Å². The van der Waals surface area contributed by atoms with E-state index in [1.807, 2.05) is 30.3 Å². The molecule has 4 aromatic rings. The minimum Gasteiger partial charge on any atom is -0.457 e. The van der Waals surface area contributed by atoms with Gasteiger partial charge in [0.1, 0.15) is 5.75 Å². The molecule has 3 aromatic carbocycles. The molecule has 4 rings (SSSR count). The molecule has 0 aliphatic rings. The number of benzene rings is 3. The van der Waals surface area contributed by atoms with Gasteiger partial charge in [0.05, 0.1) is 18.9 Å². The van der Waals surface area contributed by atoms with Crippen LogP contribution in [0.4, 0.5) is 5.69 Å². The topological polar surface area (TPSA) is 110 Å². The maximum atomic E-state index is 12.5. The third-order valence-electron chi connectivity index (χ3n) is 4.90. The van der Waals surface area contributed by atoms with Gasteiger partial charge in [-0.25, -0.2) is 10.2 Å². The molecule has 2 N–H and O–H groups in total.